The van der Waals surface area contributed by atoms with Gasteiger partial charge in [0.05, 0.1) is 16.0 Å². The summed E-state index contributed by atoms with van der Waals surface area (Å²) in [7, 11) is 0. The monoisotopic (exact) mass is 360 g/mol. The van der Waals surface area contributed by atoms with Gasteiger partial charge < -0.3 is 5.32 Å². The summed E-state index contributed by atoms with van der Waals surface area (Å²) in [6.45, 7) is 2.20. The largest absolute Gasteiger partial charge is 0.353 e. The Morgan fingerprint density at radius 3 is 3.00 bits per heavy atom. The average molecular weight is 361 g/mol. The van der Waals surface area contributed by atoms with E-state index < -0.39 is 0 Å². The smallest absolute Gasteiger partial charge is 0.230 e. The van der Waals surface area contributed by atoms with Crippen molar-refractivity contribution in [1.82, 2.24) is 10.3 Å². The third kappa shape index (κ3) is 3.47. The van der Waals surface area contributed by atoms with Crippen LogP contribution in [0.3, 0.4) is 0 Å². The molecule has 1 heterocycles. The second-order valence-corrected chi connectivity index (χ2v) is 9.36. The van der Waals surface area contributed by atoms with Gasteiger partial charge in [0.15, 0.2) is 0 Å². The van der Waals surface area contributed by atoms with Crippen LogP contribution in [-0.4, -0.2) is 22.7 Å². The van der Waals surface area contributed by atoms with Crippen molar-refractivity contribution in [2.45, 2.75) is 44.4 Å². The lowest BCUT2D eigenvalue weighted by atomic mass is 9.84. The standard InChI is InChI=1S/C19H24N2OS2/c1-12(15-9-13-6-7-14(15)8-13)20-18(22)10-23-11-19-21-16-4-2-3-5-17(16)24-19/h2-5,12-15H,6-11H2,1H3,(H,20,22). The molecule has 2 aliphatic rings. The van der Waals surface area contributed by atoms with E-state index in [9.17, 15) is 4.79 Å². The zero-order chi connectivity index (χ0) is 16.5. The minimum Gasteiger partial charge on any atom is -0.353 e. The van der Waals surface area contributed by atoms with Crippen LogP contribution in [0.15, 0.2) is 24.3 Å². The van der Waals surface area contributed by atoms with Crippen LogP contribution in [0.25, 0.3) is 10.2 Å². The van der Waals surface area contributed by atoms with E-state index in [0.29, 0.717) is 17.7 Å². The van der Waals surface area contributed by atoms with Gasteiger partial charge >= 0.3 is 0 Å². The maximum Gasteiger partial charge on any atom is 0.230 e. The summed E-state index contributed by atoms with van der Waals surface area (Å²) in [6.07, 6.45) is 5.52. The second-order valence-electron chi connectivity index (χ2n) is 7.26. The Kier molecular flexibility index (Phi) is 4.81. The summed E-state index contributed by atoms with van der Waals surface area (Å²) in [5.41, 5.74) is 1.06. The summed E-state index contributed by atoms with van der Waals surface area (Å²) in [4.78, 5) is 16.9. The number of thioether (sulfide) groups is 1. The fourth-order valence-corrected chi connectivity index (χ4v) is 6.38. The van der Waals surface area contributed by atoms with E-state index in [2.05, 4.69) is 23.3 Å². The van der Waals surface area contributed by atoms with E-state index in [-0.39, 0.29) is 5.91 Å². The summed E-state index contributed by atoms with van der Waals surface area (Å²) < 4.78 is 1.22. The summed E-state index contributed by atoms with van der Waals surface area (Å²) in [6, 6.07) is 8.54. The first-order chi connectivity index (χ1) is 11.7. The van der Waals surface area contributed by atoms with Gasteiger partial charge in [-0.25, -0.2) is 4.98 Å². The van der Waals surface area contributed by atoms with Gasteiger partial charge in [-0.15, -0.1) is 23.1 Å². The van der Waals surface area contributed by atoms with Crippen LogP contribution in [0.4, 0.5) is 0 Å². The van der Waals surface area contributed by atoms with Crippen molar-refractivity contribution >= 4 is 39.2 Å². The van der Waals surface area contributed by atoms with Crippen molar-refractivity contribution in [3.05, 3.63) is 29.3 Å². The van der Waals surface area contributed by atoms with Crippen LogP contribution in [0.1, 0.15) is 37.6 Å². The molecule has 1 amide bonds. The Balaban J connectivity index is 1.23. The van der Waals surface area contributed by atoms with Crippen LogP contribution in [0.5, 0.6) is 0 Å². The summed E-state index contributed by atoms with van der Waals surface area (Å²) in [5.74, 6) is 4.03. The number of hydrogen-bond donors (Lipinski definition) is 1. The third-order valence-electron chi connectivity index (χ3n) is 5.62. The number of thiazole rings is 1. The number of carbonyl (C=O) groups is 1. The zero-order valence-electron chi connectivity index (χ0n) is 14.0. The number of para-hydroxylation sites is 1. The first kappa shape index (κ1) is 16.4. The van der Waals surface area contributed by atoms with Crippen molar-refractivity contribution in [2.24, 2.45) is 17.8 Å². The molecule has 1 aromatic carbocycles. The van der Waals surface area contributed by atoms with E-state index in [1.165, 1.54) is 30.4 Å². The summed E-state index contributed by atoms with van der Waals surface area (Å²) in [5, 5.41) is 4.35. The van der Waals surface area contributed by atoms with Gasteiger partial charge in [0.2, 0.25) is 5.91 Å². The molecular weight excluding hydrogens is 336 g/mol. The molecule has 0 radical (unpaired) electrons. The highest BCUT2D eigenvalue weighted by molar-refractivity contribution is 7.99. The van der Waals surface area contributed by atoms with Crippen molar-refractivity contribution in [3.8, 4) is 0 Å². The number of aromatic nitrogens is 1. The molecule has 0 spiro atoms. The predicted molar refractivity (Wildman–Crippen MR) is 102 cm³/mol. The second kappa shape index (κ2) is 7.04. The molecule has 4 rings (SSSR count). The SMILES string of the molecule is CC(NC(=O)CSCc1nc2ccccc2s1)C1CC2CCC1C2. The predicted octanol–water partition coefficient (Wildman–Crippen LogP) is 4.47. The number of nitrogens with one attached hydrogen (secondary N) is 1. The molecule has 2 aliphatic carbocycles. The van der Waals surface area contributed by atoms with E-state index in [4.69, 9.17) is 0 Å². The number of rotatable bonds is 6. The Labute approximate surface area is 151 Å². The third-order valence-corrected chi connectivity index (χ3v) is 7.78. The summed E-state index contributed by atoms with van der Waals surface area (Å²) >= 11 is 3.39. The van der Waals surface area contributed by atoms with E-state index in [0.717, 1.165) is 28.1 Å². The molecular formula is C19H24N2OS2. The molecule has 3 nitrogen and oxygen atoms in total. The molecule has 128 valence electrons. The normalized spacial score (nSPS) is 26.8. The Hall–Kier alpha value is -1.07. The number of carbonyl (C=O) groups excluding carboxylic acids is 1. The van der Waals surface area contributed by atoms with Gasteiger partial charge in [0.25, 0.3) is 0 Å². The van der Waals surface area contributed by atoms with Crippen LogP contribution >= 0.6 is 23.1 Å². The van der Waals surface area contributed by atoms with Crippen molar-refractivity contribution < 1.29 is 4.79 Å². The molecule has 2 saturated carbocycles. The van der Waals surface area contributed by atoms with Gasteiger partial charge in [-0.2, -0.15) is 0 Å². The fourth-order valence-electron chi connectivity index (χ4n) is 4.52. The quantitative estimate of drug-likeness (QED) is 0.826. The fraction of sp³-hybridized carbons (Fsp3) is 0.579. The van der Waals surface area contributed by atoms with Gasteiger partial charge in [-0.3, -0.25) is 4.79 Å². The molecule has 4 atom stereocenters. The van der Waals surface area contributed by atoms with Gasteiger partial charge in [-0.05, 0) is 56.1 Å². The zero-order valence-corrected chi connectivity index (χ0v) is 15.7. The lowest BCUT2D eigenvalue weighted by Gasteiger charge is -2.28. The van der Waals surface area contributed by atoms with Crippen molar-refractivity contribution in [2.75, 3.05) is 5.75 Å². The Morgan fingerprint density at radius 2 is 2.25 bits per heavy atom. The van der Waals surface area contributed by atoms with Crippen molar-refractivity contribution in [1.29, 1.82) is 0 Å². The number of benzene rings is 1. The Morgan fingerprint density at radius 1 is 1.38 bits per heavy atom. The van der Waals surface area contributed by atoms with Gasteiger partial charge in [0.1, 0.15) is 5.01 Å². The minimum absolute atomic E-state index is 0.177. The first-order valence-electron chi connectivity index (χ1n) is 8.90. The minimum atomic E-state index is 0.177. The van der Waals surface area contributed by atoms with Crippen LogP contribution in [0, 0.1) is 17.8 Å². The van der Waals surface area contributed by atoms with Crippen LogP contribution in [-0.2, 0) is 10.5 Å². The lowest BCUT2D eigenvalue weighted by molar-refractivity contribution is -0.119. The molecule has 0 aliphatic heterocycles. The van der Waals surface area contributed by atoms with Crippen LogP contribution < -0.4 is 5.32 Å². The van der Waals surface area contributed by atoms with Crippen molar-refractivity contribution in [3.63, 3.8) is 0 Å². The molecule has 5 heteroatoms. The number of amides is 1. The topological polar surface area (TPSA) is 42.0 Å². The Bertz CT molecular complexity index is 696. The maximum atomic E-state index is 12.2. The molecule has 4 unspecified atom stereocenters. The number of nitrogens with zero attached hydrogens (tertiary/aromatic N) is 1. The molecule has 2 fully saturated rings. The number of fused-ring (bicyclic) bond motifs is 3. The maximum absolute atomic E-state index is 12.2. The van der Waals surface area contributed by atoms with Gasteiger partial charge in [0, 0.05) is 11.8 Å². The molecule has 0 saturated heterocycles. The van der Waals surface area contributed by atoms with Gasteiger partial charge in [-0.1, -0.05) is 18.6 Å². The highest BCUT2D eigenvalue weighted by Gasteiger charge is 2.42. The molecule has 1 N–H and O–H groups in total. The lowest BCUT2D eigenvalue weighted by Crippen LogP contribution is -2.40. The molecule has 24 heavy (non-hydrogen) atoms. The highest BCUT2D eigenvalue weighted by atomic mass is 32.2. The molecule has 2 aromatic rings. The number of hydrogen-bond acceptors (Lipinski definition) is 4. The molecule has 2 bridgehead atoms. The van der Waals surface area contributed by atoms with E-state index in [1.54, 1.807) is 23.1 Å². The first-order valence-corrected chi connectivity index (χ1v) is 10.9. The van der Waals surface area contributed by atoms with E-state index >= 15 is 0 Å². The average Bonchev–Trinajstić information content (AvgIpc) is 3.29. The highest BCUT2D eigenvalue weighted by Crippen LogP contribution is 2.49. The van der Waals surface area contributed by atoms with Crippen LogP contribution in [0.2, 0.25) is 0 Å². The van der Waals surface area contributed by atoms with E-state index in [1.807, 2.05) is 18.2 Å². The molecule has 1 aromatic heterocycles.